The van der Waals surface area contributed by atoms with Crippen LogP contribution in [0.3, 0.4) is 0 Å². The van der Waals surface area contributed by atoms with Crippen LogP contribution >= 0.6 is 0 Å². The van der Waals surface area contributed by atoms with Crippen molar-refractivity contribution in [3.63, 3.8) is 0 Å². The molecule has 0 heterocycles. The number of para-hydroxylation sites is 1. The van der Waals surface area contributed by atoms with Crippen molar-refractivity contribution < 1.29 is 0 Å². The summed E-state index contributed by atoms with van der Waals surface area (Å²) in [6.07, 6.45) is 0. The van der Waals surface area contributed by atoms with Crippen LogP contribution in [-0.2, 0) is 0 Å². The van der Waals surface area contributed by atoms with Crippen LogP contribution in [0.2, 0.25) is 0 Å². The van der Waals surface area contributed by atoms with E-state index in [1.54, 1.807) is 0 Å². The fraction of sp³-hybridized carbons (Fsp3) is 0.0588. The molecule has 1 heteroatoms. The largest absolute Gasteiger partial charge is 0.342 e. The van der Waals surface area contributed by atoms with Crippen LogP contribution < -0.4 is 4.90 Å². The topological polar surface area (TPSA) is 3.24 Å². The molecule has 6 rings (SSSR count). The summed E-state index contributed by atoms with van der Waals surface area (Å²) in [6, 6.07) is 48.1. The van der Waals surface area contributed by atoms with E-state index < -0.39 is 0 Å². The molecule has 0 saturated heterocycles. The maximum absolute atomic E-state index is 2.38. The third-order valence-electron chi connectivity index (χ3n) is 6.83. The molecule has 0 aliphatic rings. The summed E-state index contributed by atoms with van der Waals surface area (Å²) in [6.45, 7) is 3.11. The molecule has 0 unspecified atom stereocenters. The van der Waals surface area contributed by atoms with Crippen LogP contribution in [0.25, 0.3) is 43.8 Å². The molecule has 0 bridgehead atoms. The standard InChI is InChI=1S/C34H27N/c1-2-35(27-18-10-5-11-19-27)28-22-23-31-32(24-28)34(26-16-8-4-9-17-26)30-21-13-12-20-29(30)33(31)25-14-6-3-7-15-25/h3-24H,2H2,1H3. The second-order valence-corrected chi connectivity index (χ2v) is 8.84. The highest BCUT2D eigenvalue weighted by Gasteiger charge is 2.18. The molecule has 0 aromatic heterocycles. The van der Waals surface area contributed by atoms with Crippen LogP contribution in [0.5, 0.6) is 0 Å². The van der Waals surface area contributed by atoms with Gasteiger partial charge in [-0.05, 0) is 75.0 Å². The zero-order chi connectivity index (χ0) is 23.6. The maximum atomic E-state index is 2.38. The van der Waals surface area contributed by atoms with Gasteiger partial charge in [0, 0.05) is 17.9 Å². The molecule has 0 aliphatic carbocycles. The van der Waals surface area contributed by atoms with Crippen LogP contribution in [0.15, 0.2) is 133 Å². The first-order chi connectivity index (χ1) is 17.3. The van der Waals surface area contributed by atoms with Gasteiger partial charge in [-0.2, -0.15) is 0 Å². The second kappa shape index (κ2) is 9.12. The minimum Gasteiger partial charge on any atom is -0.342 e. The highest BCUT2D eigenvalue weighted by atomic mass is 15.1. The Hall–Kier alpha value is -4.36. The van der Waals surface area contributed by atoms with E-state index in [2.05, 4.69) is 145 Å². The van der Waals surface area contributed by atoms with Crippen molar-refractivity contribution in [2.24, 2.45) is 0 Å². The summed E-state index contributed by atoms with van der Waals surface area (Å²) in [5.74, 6) is 0. The summed E-state index contributed by atoms with van der Waals surface area (Å²) < 4.78 is 0. The van der Waals surface area contributed by atoms with Crippen LogP contribution in [0.4, 0.5) is 11.4 Å². The Balaban J connectivity index is 1.73. The first-order valence-corrected chi connectivity index (χ1v) is 12.3. The Bertz CT molecular complexity index is 1600. The minimum atomic E-state index is 0.898. The molecular weight excluding hydrogens is 422 g/mol. The zero-order valence-corrected chi connectivity index (χ0v) is 19.9. The lowest BCUT2D eigenvalue weighted by molar-refractivity contribution is 1.03. The second-order valence-electron chi connectivity index (χ2n) is 8.84. The summed E-state index contributed by atoms with van der Waals surface area (Å²) in [5, 5.41) is 5.13. The average molecular weight is 450 g/mol. The fourth-order valence-corrected chi connectivity index (χ4v) is 5.29. The molecule has 0 saturated carbocycles. The average Bonchev–Trinajstić information content (AvgIpc) is 2.93. The highest BCUT2D eigenvalue weighted by molar-refractivity contribution is 6.21. The van der Waals surface area contributed by atoms with Crippen molar-refractivity contribution in [1.82, 2.24) is 0 Å². The molecule has 1 nitrogen and oxygen atoms in total. The molecule has 6 aromatic rings. The lowest BCUT2D eigenvalue weighted by Gasteiger charge is -2.25. The minimum absolute atomic E-state index is 0.898. The molecule has 0 atom stereocenters. The van der Waals surface area contributed by atoms with Crippen molar-refractivity contribution in [3.8, 4) is 22.3 Å². The molecule has 6 aromatic carbocycles. The number of hydrogen-bond donors (Lipinski definition) is 0. The van der Waals surface area contributed by atoms with Gasteiger partial charge in [0.05, 0.1) is 0 Å². The number of nitrogens with zero attached hydrogens (tertiary/aromatic N) is 1. The SMILES string of the molecule is CCN(c1ccccc1)c1ccc2c(-c3ccccc3)c3ccccc3c(-c3ccccc3)c2c1. The summed E-state index contributed by atoms with van der Waals surface area (Å²) in [7, 11) is 0. The quantitative estimate of drug-likeness (QED) is 0.237. The van der Waals surface area contributed by atoms with E-state index in [1.165, 1.54) is 55.2 Å². The first kappa shape index (κ1) is 21.2. The Kier molecular flexibility index (Phi) is 5.52. The van der Waals surface area contributed by atoms with E-state index in [-0.39, 0.29) is 0 Å². The molecule has 0 radical (unpaired) electrons. The Morgan fingerprint density at radius 2 is 0.886 bits per heavy atom. The lowest BCUT2D eigenvalue weighted by Crippen LogP contribution is -2.15. The van der Waals surface area contributed by atoms with Gasteiger partial charge in [0.15, 0.2) is 0 Å². The van der Waals surface area contributed by atoms with Gasteiger partial charge in [-0.1, -0.05) is 109 Å². The van der Waals surface area contributed by atoms with Crippen LogP contribution in [-0.4, -0.2) is 6.54 Å². The molecular formula is C34H27N. The monoisotopic (exact) mass is 449 g/mol. The van der Waals surface area contributed by atoms with Gasteiger partial charge in [0.2, 0.25) is 0 Å². The Morgan fingerprint density at radius 1 is 0.429 bits per heavy atom. The summed E-state index contributed by atoms with van der Waals surface area (Å²) >= 11 is 0. The predicted molar refractivity (Wildman–Crippen MR) is 151 cm³/mol. The van der Waals surface area contributed by atoms with Crippen molar-refractivity contribution in [1.29, 1.82) is 0 Å². The summed E-state index contributed by atoms with van der Waals surface area (Å²) in [5.41, 5.74) is 7.49. The number of hydrogen-bond acceptors (Lipinski definition) is 1. The van der Waals surface area contributed by atoms with E-state index in [1.807, 2.05) is 0 Å². The van der Waals surface area contributed by atoms with Gasteiger partial charge in [-0.15, -0.1) is 0 Å². The Morgan fingerprint density at radius 3 is 1.43 bits per heavy atom. The van der Waals surface area contributed by atoms with Crippen molar-refractivity contribution in [2.75, 3.05) is 11.4 Å². The van der Waals surface area contributed by atoms with E-state index in [9.17, 15) is 0 Å². The van der Waals surface area contributed by atoms with Crippen LogP contribution in [0, 0.1) is 0 Å². The molecule has 35 heavy (non-hydrogen) atoms. The van der Waals surface area contributed by atoms with Gasteiger partial charge >= 0.3 is 0 Å². The van der Waals surface area contributed by atoms with E-state index >= 15 is 0 Å². The van der Waals surface area contributed by atoms with Gasteiger partial charge in [0.25, 0.3) is 0 Å². The number of fused-ring (bicyclic) bond motifs is 2. The number of rotatable bonds is 5. The fourth-order valence-electron chi connectivity index (χ4n) is 5.29. The molecule has 0 N–H and O–H groups in total. The van der Waals surface area contributed by atoms with Crippen molar-refractivity contribution in [2.45, 2.75) is 6.92 Å². The lowest BCUT2D eigenvalue weighted by atomic mass is 9.86. The maximum Gasteiger partial charge on any atom is 0.0417 e. The van der Waals surface area contributed by atoms with Gasteiger partial charge in [0.1, 0.15) is 0 Å². The van der Waals surface area contributed by atoms with Crippen molar-refractivity contribution >= 4 is 32.9 Å². The molecule has 168 valence electrons. The van der Waals surface area contributed by atoms with E-state index in [0.717, 1.165) is 6.54 Å². The molecule has 0 aliphatic heterocycles. The number of anilines is 2. The molecule has 0 spiro atoms. The van der Waals surface area contributed by atoms with E-state index in [4.69, 9.17) is 0 Å². The van der Waals surface area contributed by atoms with E-state index in [0.29, 0.717) is 0 Å². The highest BCUT2D eigenvalue weighted by Crippen LogP contribution is 2.45. The van der Waals surface area contributed by atoms with Gasteiger partial charge in [-0.25, -0.2) is 0 Å². The Labute approximate surface area is 206 Å². The third-order valence-corrected chi connectivity index (χ3v) is 6.83. The normalized spacial score (nSPS) is 11.1. The zero-order valence-electron chi connectivity index (χ0n) is 19.9. The smallest absolute Gasteiger partial charge is 0.0417 e. The van der Waals surface area contributed by atoms with Gasteiger partial charge < -0.3 is 4.90 Å². The van der Waals surface area contributed by atoms with Crippen LogP contribution in [0.1, 0.15) is 6.92 Å². The van der Waals surface area contributed by atoms with Crippen molar-refractivity contribution in [3.05, 3.63) is 133 Å². The predicted octanol–water partition coefficient (Wildman–Crippen LogP) is 9.48. The third kappa shape index (κ3) is 3.76. The van der Waals surface area contributed by atoms with Gasteiger partial charge in [-0.3, -0.25) is 0 Å². The molecule has 0 amide bonds. The summed E-state index contributed by atoms with van der Waals surface area (Å²) in [4.78, 5) is 2.38. The molecule has 0 fully saturated rings. The first-order valence-electron chi connectivity index (χ1n) is 12.3. The number of benzene rings is 6.